The molecule has 1 amide bonds. The number of anilines is 1. The average molecular weight is 345 g/mol. The molecule has 0 saturated carbocycles. The highest BCUT2D eigenvalue weighted by atomic mass is 35.5. The Morgan fingerprint density at radius 3 is 2.88 bits per heavy atom. The fourth-order valence-electron chi connectivity index (χ4n) is 2.30. The predicted octanol–water partition coefficient (Wildman–Crippen LogP) is 3.39. The number of aryl methyl sites for hydroxylation is 1. The second-order valence-electron chi connectivity index (χ2n) is 5.35. The van der Waals surface area contributed by atoms with Gasteiger partial charge in [-0.15, -0.1) is 0 Å². The van der Waals surface area contributed by atoms with Crippen molar-refractivity contribution in [2.45, 2.75) is 13.3 Å². The van der Waals surface area contributed by atoms with Gasteiger partial charge in [0.15, 0.2) is 0 Å². The standard InChI is InChI=1S/C16H13ClN4O3/c1-10-4-5-20-9-11(18-15(20)6-10)7-16(22)19-14-3-2-12(21(23)24)8-13(14)17/h2-6,8-9H,7H2,1H3,(H,19,22). The van der Waals surface area contributed by atoms with Crippen molar-refractivity contribution in [3.63, 3.8) is 0 Å². The van der Waals surface area contributed by atoms with Crippen LogP contribution in [0.15, 0.2) is 42.7 Å². The molecule has 122 valence electrons. The first kappa shape index (κ1) is 15.9. The molecule has 1 aromatic carbocycles. The van der Waals surface area contributed by atoms with E-state index in [1.165, 1.54) is 18.2 Å². The predicted molar refractivity (Wildman–Crippen MR) is 90.4 cm³/mol. The fourth-order valence-corrected chi connectivity index (χ4v) is 2.52. The maximum Gasteiger partial charge on any atom is 0.271 e. The van der Waals surface area contributed by atoms with Gasteiger partial charge in [-0.1, -0.05) is 11.6 Å². The largest absolute Gasteiger partial charge is 0.324 e. The summed E-state index contributed by atoms with van der Waals surface area (Å²) in [7, 11) is 0. The van der Waals surface area contributed by atoms with Gasteiger partial charge < -0.3 is 9.72 Å². The molecule has 3 rings (SSSR count). The van der Waals surface area contributed by atoms with E-state index in [1.54, 1.807) is 6.20 Å². The highest BCUT2D eigenvalue weighted by Gasteiger charge is 2.13. The van der Waals surface area contributed by atoms with Gasteiger partial charge in [0.25, 0.3) is 5.69 Å². The van der Waals surface area contributed by atoms with Crippen molar-refractivity contribution in [2.75, 3.05) is 5.32 Å². The zero-order valence-corrected chi connectivity index (χ0v) is 13.4. The molecule has 2 heterocycles. The van der Waals surface area contributed by atoms with E-state index in [0.29, 0.717) is 11.4 Å². The van der Waals surface area contributed by atoms with Crippen LogP contribution in [0.25, 0.3) is 5.65 Å². The summed E-state index contributed by atoms with van der Waals surface area (Å²) in [5.41, 5.74) is 2.67. The third-order valence-corrected chi connectivity index (χ3v) is 3.76. The molecule has 0 saturated heterocycles. The molecule has 2 aromatic heterocycles. The van der Waals surface area contributed by atoms with Crippen molar-refractivity contribution in [2.24, 2.45) is 0 Å². The fraction of sp³-hybridized carbons (Fsp3) is 0.125. The van der Waals surface area contributed by atoms with E-state index in [9.17, 15) is 14.9 Å². The molecule has 0 aliphatic carbocycles. The Balaban J connectivity index is 1.74. The molecule has 7 nitrogen and oxygen atoms in total. The van der Waals surface area contributed by atoms with Gasteiger partial charge >= 0.3 is 0 Å². The number of rotatable bonds is 4. The highest BCUT2D eigenvalue weighted by Crippen LogP contribution is 2.26. The number of non-ortho nitro benzene ring substituents is 1. The number of aromatic nitrogens is 2. The third-order valence-electron chi connectivity index (χ3n) is 3.44. The van der Waals surface area contributed by atoms with Crippen LogP contribution in [0, 0.1) is 17.0 Å². The number of nitro benzene ring substituents is 1. The first-order chi connectivity index (χ1) is 11.4. The molecule has 0 spiro atoms. The molecule has 0 fully saturated rings. The summed E-state index contributed by atoms with van der Waals surface area (Å²) in [4.78, 5) is 26.7. The number of imidazole rings is 1. The lowest BCUT2D eigenvalue weighted by Crippen LogP contribution is -2.14. The van der Waals surface area contributed by atoms with E-state index in [4.69, 9.17) is 11.6 Å². The van der Waals surface area contributed by atoms with E-state index in [1.807, 2.05) is 29.7 Å². The van der Waals surface area contributed by atoms with Gasteiger partial charge in [-0.05, 0) is 30.7 Å². The molecule has 0 atom stereocenters. The number of nitro groups is 1. The van der Waals surface area contributed by atoms with Crippen LogP contribution in [0.5, 0.6) is 0 Å². The van der Waals surface area contributed by atoms with Crippen LogP contribution in [-0.2, 0) is 11.2 Å². The minimum atomic E-state index is -0.546. The number of nitrogens with zero attached hydrogens (tertiary/aromatic N) is 3. The van der Waals surface area contributed by atoms with Crippen molar-refractivity contribution in [3.8, 4) is 0 Å². The zero-order chi connectivity index (χ0) is 17.3. The number of amides is 1. The van der Waals surface area contributed by atoms with Crippen LogP contribution in [0.3, 0.4) is 0 Å². The topological polar surface area (TPSA) is 89.5 Å². The van der Waals surface area contributed by atoms with Gasteiger partial charge in [0.1, 0.15) is 5.65 Å². The lowest BCUT2D eigenvalue weighted by Gasteiger charge is -2.06. The van der Waals surface area contributed by atoms with Crippen molar-refractivity contribution in [1.82, 2.24) is 9.38 Å². The zero-order valence-electron chi connectivity index (χ0n) is 12.7. The molecule has 8 heteroatoms. The van der Waals surface area contributed by atoms with Crippen LogP contribution >= 0.6 is 11.6 Å². The van der Waals surface area contributed by atoms with E-state index in [0.717, 1.165) is 11.2 Å². The van der Waals surface area contributed by atoms with Gasteiger partial charge in [-0.25, -0.2) is 4.98 Å². The monoisotopic (exact) mass is 344 g/mol. The number of pyridine rings is 1. The molecular weight excluding hydrogens is 332 g/mol. The van der Waals surface area contributed by atoms with Crippen molar-refractivity contribution >= 4 is 34.5 Å². The smallest absolute Gasteiger partial charge is 0.271 e. The van der Waals surface area contributed by atoms with Gasteiger partial charge in [0, 0.05) is 24.5 Å². The van der Waals surface area contributed by atoms with Gasteiger partial charge in [-0.2, -0.15) is 0 Å². The first-order valence-electron chi connectivity index (χ1n) is 7.10. The highest BCUT2D eigenvalue weighted by molar-refractivity contribution is 6.34. The number of hydrogen-bond donors (Lipinski definition) is 1. The number of nitrogens with one attached hydrogen (secondary N) is 1. The molecule has 1 N–H and O–H groups in total. The number of fused-ring (bicyclic) bond motifs is 1. The molecule has 0 aliphatic rings. The van der Waals surface area contributed by atoms with Crippen LogP contribution in [0.2, 0.25) is 5.02 Å². The van der Waals surface area contributed by atoms with Gasteiger partial charge in [-0.3, -0.25) is 14.9 Å². The molecule has 0 aliphatic heterocycles. The molecule has 24 heavy (non-hydrogen) atoms. The van der Waals surface area contributed by atoms with Gasteiger partial charge in [0.05, 0.1) is 27.7 Å². The lowest BCUT2D eigenvalue weighted by molar-refractivity contribution is -0.384. The summed E-state index contributed by atoms with van der Waals surface area (Å²) < 4.78 is 1.84. The second kappa shape index (κ2) is 6.29. The number of carbonyl (C=O) groups excluding carboxylic acids is 1. The van der Waals surface area contributed by atoms with E-state index < -0.39 is 4.92 Å². The third kappa shape index (κ3) is 3.36. The molecule has 0 radical (unpaired) electrons. The van der Waals surface area contributed by atoms with Crippen LogP contribution in [0.4, 0.5) is 11.4 Å². The Bertz CT molecular complexity index is 952. The Morgan fingerprint density at radius 2 is 2.17 bits per heavy atom. The number of carbonyl (C=O) groups is 1. The minimum Gasteiger partial charge on any atom is -0.324 e. The minimum absolute atomic E-state index is 0.0774. The quantitative estimate of drug-likeness (QED) is 0.580. The van der Waals surface area contributed by atoms with Crippen LogP contribution < -0.4 is 5.32 Å². The molecule has 3 aromatic rings. The normalized spacial score (nSPS) is 10.8. The second-order valence-corrected chi connectivity index (χ2v) is 5.76. The first-order valence-corrected chi connectivity index (χ1v) is 7.48. The van der Waals surface area contributed by atoms with Crippen LogP contribution in [-0.4, -0.2) is 20.2 Å². The Labute approximate surface area is 142 Å². The molecule has 0 bridgehead atoms. The molecular formula is C16H13ClN4O3. The summed E-state index contributed by atoms with van der Waals surface area (Å²) in [5.74, 6) is -0.300. The summed E-state index contributed by atoms with van der Waals surface area (Å²) in [6.07, 6.45) is 3.74. The van der Waals surface area contributed by atoms with Crippen LogP contribution in [0.1, 0.15) is 11.3 Å². The van der Waals surface area contributed by atoms with Crippen molar-refractivity contribution in [3.05, 3.63) is 69.1 Å². The van der Waals surface area contributed by atoms with E-state index in [2.05, 4.69) is 10.3 Å². The van der Waals surface area contributed by atoms with Crippen molar-refractivity contribution < 1.29 is 9.72 Å². The Hall–Kier alpha value is -2.93. The maximum atomic E-state index is 12.1. The summed E-state index contributed by atoms with van der Waals surface area (Å²) in [6, 6.07) is 7.77. The SMILES string of the molecule is Cc1ccn2cc(CC(=O)Nc3ccc([N+](=O)[O-])cc3Cl)nc2c1. The molecule has 0 unspecified atom stereocenters. The summed E-state index contributed by atoms with van der Waals surface area (Å²) in [5, 5.41) is 13.4. The summed E-state index contributed by atoms with van der Waals surface area (Å²) >= 11 is 5.96. The van der Waals surface area contributed by atoms with Gasteiger partial charge in [0.2, 0.25) is 5.91 Å². The van der Waals surface area contributed by atoms with Crippen molar-refractivity contribution in [1.29, 1.82) is 0 Å². The number of halogens is 1. The Morgan fingerprint density at radius 1 is 1.38 bits per heavy atom. The Kier molecular flexibility index (Phi) is 4.18. The lowest BCUT2D eigenvalue weighted by atomic mass is 10.2. The number of benzene rings is 1. The van der Waals surface area contributed by atoms with E-state index in [-0.39, 0.29) is 23.0 Å². The average Bonchev–Trinajstić information content (AvgIpc) is 2.90. The number of hydrogen-bond acceptors (Lipinski definition) is 4. The van der Waals surface area contributed by atoms with E-state index >= 15 is 0 Å². The summed E-state index contributed by atoms with van der Waals surface area (Å²) in [6.45, 7) is 1.97. The maximum absolute atomic E-state index is 12.1.